The molecule has 1 saturated heterocycles. The lowest BCUT2D eigenvalue weighted by Gasteiger charge is -2.23. The number of carbonyl (C=O) groups excluding carboxylic acids is 1. The molecule has 0 aliphatic carbocycles. The van der Waals surface area contributed by atoms with Crippen LogP contribution in [-0.4, -0.2) is 86.0 Å². The van der Waals surface area contributed by atoms with Gasteiger partial charge in [-0.15, -0.1) is 0 Å². The lowest BCUT2D eigenvalue weighted by Crippen LogP contribution is -2.38. The third-order valence-electron chi connectivity index (χ3n) is 3.61. The molecule has 1 heterocycles. The lowest BCUT2D eigenvalue weighted by atomic mass is 10.3. The van der Waals surface area contributed by atoms with E-state index in [1.807, 2.05) is 0 Å². The number of aliphatic hydroxyl groups is 1. The van der Waals surface area contributed by atoms with Gasteiger partial charge in [-0.05, 0) is 32.5 Å². The van der Waals surface area contributed by atoms with Gasteiger partial charge in [0.2, 0.25) is 0 Å². The van der Waals surface area contributed by atoms with E-state index in [9.17, 15) is 14.5 Å². The highest BCUT2D eigenvalue weighted by atomic mass is 31.1. The van der Waals surface area contributed by atoms with E-state index < -0.39 is 0 Å². The Labute approximate surface area is 133 Å². The number of rotatable bonds is 4. The SMILES string of the molecule is O=C=C(O)CN1CCCNCCN(CP=O)CCCNCC1. The van der Waals surface area contributed by atoms with E-state index in [0.29, 0.717) is 6.29 Å². The van der Waals surface area contributed by atoms with E-state index in [4.69, 9.17) is 0 Å². The molecule has 0 unspecified atom stereocenters. The predicted molar refractivity (Wildman–Crippen MR) is 87.3 cm³/mol. The first-order valence-corrected chi connectivity index (χ1v) is 8.84. The van der Waals surface area contributed by atoms with Crippen molar-refractivity contribution in [2.24, 2.45) is 0 Å². The molecule has 1 rings (SSSR count). The van der Waals surface area contributed by atoms with Gasteiger partial charge < -0.3 is 15.7 Å². The summed E-state index contributed by atoms with van der Waals surface area (Å²) in [6, 6.07) is 0. The zero-order valence-electron chi connectivity index (χ0n) is 13.1. The molecule has 0 saturated carbocycles. The molecule has 126 valence electrons. The first-order valence-electron chi connectivity index (χ1n) is 7.84. The highest BCUT2D eigenvalue weighted by molar-refractivity contribution is 7.23. The van der Waals surface area contributed by atoms with Crippen molar-refractivity contribution in [2.45, 2.75) is 12.8 Å². The summed E-state index contributed by atoms with van der Waals surface area (Å²) in [5, 5.41) is 16.1. The van der Waals surface area contributed by atoms with Gasteiger partial charge in [-0.1, -0.05) is 0 Å². The number of nitrogens with zero attached hydrogens (tertiary/aromatic N) is 2. The summed E-state index contributed by atoms with van der Waals surface area (Å²) in [7, 11) is 0.178. The Kier molecular flexibility index (Phi) is 11.1. The molecule has 0 amide bonds. The number of aliphatic hydroxyl groups excluding tert-OH is 1. The first kappa shape index (κ1) is 19.2. The quantitative estimate of drug-likeness (QED) is 0.383. The molecule has 0 aromatic heterocycles. The normalized spacial score (nSPS) is 21.1. The van der Waals surface area contributed by atoms with Crippen LogP contribution in [0.25, 0.3) is 0 Å². The summed E-state index contributed by atoms with van der Waals surface area (Å²) in [5.41, 5.74) is 0. The van der Waals surface area contributed by atoms with Gasteiger partial charge in [0.05, 0.1) is 12.8 Å². The van der Waals surface area contributed by atoms with Crippen molar-refractivity contribution in [1.82, 2.24) is 20.4 Å². The highest BCUT2D eigenvalue weighted by Gasteiger charge is 2.09. The number of nitrogens with one attached hydrogen (secondary N) is 2. The van der Waals surface area contributed by atoms with Gasteiger partial charge in [0.1, 0.15) is 0 Å². The van der Waals surface area contributed by atoms with Crippen LogP contribution in [0.1, 0.15) is 12.8 Å². The van der Waals surface area contributed by atoms with Crippen LogP contribution in [-0.2, 0) is 9.36 Å². The summed E-state index contributed by atoms with van der Waals surface area (Å²) < 4.78 is 10.8. The van der Waals surface area contributed by atoms with Gasteiger partial charge in [-0.25, -0.2) is 4.79 Å². The maximum Gasteiger partial charge on any atom is 0.191 e. The Morgan fingerprint density at radius 3 is 2.18 bits per heavy atom. The smallest absolute Gasteiger partial charge is 0.191 e. The number of hydrogen-bond donors (Lipinski definition) is 3. The van der Waals surface area contributed by atoms with Crippen LogP contribution < -0.4 is 10.6 Å². The monoisotopic (exact) mass is 330 g/mol. The topological polar surface area (TPSA) is 84.9 Å². The minimum absolute atomic E-state index is 0.178. The van der Waals surface area contributed by atoms with Crippen molar-refractivity contribution in [1.29, 1.82) is 0 Å². The second-order valence-electron chi connectivity index (χ2n) is 5.42. The van der Waals surface area contributed by atoms with Crippen LogP contribution in [0.15, 0.2) is 5.76 Å². The largest absolute Gasteiger partial charge is 0.501 e. The van der Waals surface area contributed by atoms with Gasteiger partial charge in [-0.3, -0.25) is 14.4 Å². The maximum atomic E-state index is 10.8. The molecule has 0 radical (unpaired) electrons. The van der Waals surface area contributed by atoms with Crippen LogP contribution in [0, 0.1) is 0 Å². The molecule has 1 aliphatic heterocycles. The van der Waals surface area contributed by atoms with Crippen LogP contribution in [0.5, 0.6) is 0 Å². The molecular formula is C14H27N4O3P. The van der Waals surface area contributed by atoms with E-state index in [2.05, 4.69) is 20.4 Å². The van der Waals surface area contributed by atoms with E-state index >= 15 is 0 Å². The molecule has 1 fully saturated rings. The van der Waals surface area contributed by atoms with E-state index in [1.54, 1.807) is 5.94 Å². The molecule has 22 heavy (non-hydrogen) atoms. The maximum absolute atomic E-state index is 10.8. The second kappa shape index (κ2) is 12.7. The summed E-state index contributed by atoms with van der Waals surface area (Å²) in [6.45, 7) is 7.19. The first-order chi connectivity index (χ1) is 10.8. The Bertz CT molecular complexity index is 348. The average Bonchev–Trinajstić information content (AvgIpc) is 2.52. The third-order valence-corrected chi connectivity index (χ3v) is 4.13. The van der Waals surface area contributed by atoms with Crippen LogP contribution in [0.4, 0.5) is 0 Å². The Morgan fingerprint density at radius 2 is 1.59 bits per heavy atom. The average molecular weight is 330 g/mol. The third kappa shape index (κ3) is 9.26. The summed E-state index contributed by atoms with van der Waals surface area (Å²) >= 11 is 0. The van der Waals surface area contributed by atoms with E-state index in [1.165, 1.54) is 0 Å². The molecule has 0 atom stereocenters. The minimum Gasteiger partial charge on any atom is -0.501 e. The fourth-order valence-electron chi connectivity index (χ4n) is 2.43. The fourth-order valence-corrected chi connectivity index (χ4v) is 2.87. The van der Waals surface area contributed by atoms with Crippen molar-refractivity contribution in [3.8, 4) is 0 Å². The zero-order chi connectivity index (χ0) is 16.0. The van der Waals surface area contributed by atoms with Crippen molar-refractivity contribution in [2.75, 3.05) is 65.2 Å². The van der Waals surface area contributed by atoms with Crippen LogP contribution >= 0.6 is 8.46 Å². The Morgan fingerprint density at radius 1 is 1.00 bits per heavy atom. The minimum atomic E-state index is -0.235. The number of hydrogen-bond acceptors (Lipinski definition) is 7. The zero-order valence-corrected chi connectivity index (χ0v) is 14.0. The molecule has 0 spiro atoms. The van der Waals surface area contributed by atoms with Crippen LogP contribution in [0.3, 0.4) is 0 Å². The van der Waals surface area contributed by atoms with Crippen molar-refractivity contribution in [3.63, 3.8) is 0 Å². The fraction of sp³-hybridized carbons (Fsp3) is 0.857. The van der Waals surface area contributed by atoms with Gasteiger partial charge in [0.15, 0.2) is 20.2 Å². The van der Waals surface area contributed by atoms with Gasteiger partial charge in [0, 0.05) is 32.7 Å². The van der Waals surface area contributed by atoms with E-state index in [0.717, 1.165) is 65.2 Å². The molecule has 0 aromatic rings. The highest BCUT2D eigenvalue weighted by Crippen LogP contribution is 2.00. The van der Waals surface area contributed by atoms with Gasteiger partial charge >= 0.3 is 0 Å². The molecular weight excluding hydrogens is 303 g/mol. The molecule has 0 bridgehead atoms. The lowest BCUT2D eigenvalue weighted by molar-refractivity contribution is 0.243. The van der Waals surface area contributed by atoms with Crippen molar-refractivity contribution in [3.05, 3.63) is 5.76 Å². The molecule has 3 N–H and O–H groups in total. The van der Waals surface area contributed by atoms with Crippen molar-refractivity contribution < 1.29 is 14.5 Å². The van der Waals surface area contributed by atoms with Gasteiger partial charge in [-0.2, -0.15) is 0 Å². The molecule has 7 nitrogen and oxygen atoms in total. The molecule has 0 aromatic carbocycles. The molecule has 8 heteroatoms. The van der Waals surface area contributed by atoms with Crippen molar-refractivity contribution >= 4 is 14.4 Å². The predicted octanol–water partition coefficient (Wildman–Crippen LogP) is 0.0861. The summed E-state index contributed by atoms with van der Waals surface area (Å²) in [6.07, 6.45) is 2.55. The van der Waals surface area contributed by atoms with E-state index in [-0.39, 0.29) is 20.8 Å². The summed E-state index contributed by atoms with van der Waals surface area (Å²) in [5.74, 6) is 1.31. The standard InChI is InChI=1S/C14H27N4O3P/c19-12-14(20)11-17-7-1-3-16-6-10-18(13-22-21)8-2-4-15-5-9-17/h15-16,20H,1-11,13H2. The Balaban J connectivity index is 2.40. The summed E-state index contributed by atoms with van der Waals surface area (Å²) in [4.78, 5) is 14.7. The van der Waals surface area contributed by atoms with Crippen LogP contribution in [0.2, 0.25) is 0 Å². The molecule has 1 aliphatic rings. The Hall–Kier alpha value is -0.810. The van der Waals surface area contributed by atoms with Gasteiger partial charge in [0.25, 0.3) is 0 Å². The second-order valence-corrected chi connectivity index (χ2v) is 5.96.